The second-order valence-corrected chi connectivity index (χ2v) is 5.24. The molecule has 15 heavy (non-hydrogen) atoms. The van der Waals surface area contributed by atoms with Crippen molar-refractivity contribution < 1.29 is 0 Å². The Morgan fingerprint density at radius 2 is 1.87 bits per heavy atom. The van der Waals surface area contributed by atoms with E-state index in [0.29, 0.717) is 0 Å². The summed E-state index contributed by atoms with van der Waals surface area (Å²) < 4.78 is 1.27. The van der Waals surface area contributed by atoms with Gasteiger partial charge in [0.15, 0.2) is 0 Å². The first-order valence-electron chi connectivity index (χ1n) is 4.73. The predicted octanol–water partition coefficient (Wildman–Crippen LogP) is 4.42. The zero-order chi connectivity index (χ0) is 11.2. The molecule has 1 aromatic carbocycles. The first kappa shape index (κ1) is 11.1. The van der Waals surface area contributed by atoms with Gasteiger partial charge >= 0.3 is 0 Å². The minimum absolute atomic E-state index is 0.829. The van der Waals surface area contributed by atoms with E-state index in [1.54, 1.807) is 0 Å². The summed E-state index contributed by atoms with van der Waals surface area (Å²) in [6.45, 7) is 6.19. The summed E-state index contributed by atoms with van der Waals surface area (Å²) in [6.07, 6.45) is 1.83. The molecular weight excluding hydrogens is 320 g/mol. The molecule has 0 aliphatic carbocycles. The molecule has 0 fully saturated rings. The van der Waals surface area contributed by atoms with E-state index >= 15 is 0 Å². The highest BCUT2D eigenvalue weighted by atomic mass is 127. The van der Waals surface area contributed by atoms with Gasteiger partial charge in [0.1, 0.15) is 0 Å². The number of benzene rings is 1. The first-order chi connectivity index (χ1) is 7.02. The number of aryl methyl sites for hydroxylation is 3. The molecule has 0 saturated carbocycles. The summed E-state index contributed by atoms with van der Waals surface area (Å²) in [7, 11) is 0. The van der Waals surface area contributed by atoms with Gasteiger partial charge in [-0.25, -0.2) is 0 Å². The van der Waals surface area contributed by atoms with Crippen LogP contribution in [0.2, 0.25) is 5.02 Å². The summed E-state index contributed by atoms with van der Waals surface area (Å²) in [5.41, 5.74) is 4.51. The second kappa shape index (κ2) is 3.91. The first-order valence-corrected chi connectivity index (χ1v) is 6.18. The molecule has 0 atom stereocenters. The zero-order valence-corrected chi connectivity index (χ0v) is 11.8. The van der Waals surface area contributed by atoms with Gasteiger partial charge in [-0.1, -0.05) is 11.6 Å². The van der Waals surface area contributed by atoms with E-state index in [9.17, 15) is 0 Å². The Labute approximate surface area is 108 Å². The SMILES string of the molecule is Cc1cc2ncc(C)c(Cl)c2c(C)c1I. The highest BCUT2D eigenvalue weighted by molar-refractivity contribution is 14.1. The third kappa shape index (κ3) is 1.74. The fourth-order valence-electron chi connectivity index (χ4n) is 1.74. The Kier molecular flexibility index (Phi) is 2.90. The van der Waals surface area contributed by atoms with Gasteiger partial charge in [0.25, 0.3) is 0 Å². The third-order valence-electron chi connectivity index (χ3n) is 2.62. The lowest BCUT2D eigenvalue weighted by Crippen LogP contribution is -1.93. The van der Waals surface area contributed by atoms with E-state index in [2.05, 4.69) is 47.5 Å². The molecule has 0 amide bonds. The van der Waals surface area contributed by atoms with Gasteiger partial charge in [-0.15, -0.1) is 0 Å². The molecular formula is C12H11ClIN. The van der Waals surface area contributed by atoms with E-state index < -0.39 is 0 Å². The molecule has 2 aromatic rings. The molecule has 0 radical (unpaired) electrons. The van der Waals surface area contributed by atoms with Crippen LogP contribution in [0, 0.1) is 24.3 Å². The lowest BCUT2D eigenvalue weighted by molar-refractivity contribution is 1.29. The van der Waals surface area contributed by atoms with Gasteiger partial charge < -0.3 is 0 Å². The van der Waals surface area contributed by atoms with E-state index in [1.165, 1.54) is 14.7 Å². The minimum atomic E-state index is 0.829. The minimum Gasteiger partial charge on any atom is -0.256 e. The van der Waals surface area contributed by atoms with Crippen molar-refractivity contribution in [3.05, 3.63) is 37.5 Å². The van der Waals surface area contributed by atoms with E-state index in [-0.39, 0.29) is 0 Å². The smallest absolute Gasteiger partial charge is 0.0723 e. The molecule has 1 nitrogen and oxygen atoms in total. The maximum Gasteiger partial charge on any atom is 0.0723 e. The van der Waals surface area contributed by atoms with Crippen LogP contribution in [0.5, 0.6) is 0 Å². The van der Waals surface area contributed by atoms with E-state index in [1.807, 2.05) is 13.1 Å². The predicted molar refractivity (Wildman–Crippen MR) is 73.7 cm³/mol. The number of halogens is 2. The van der Waals surface area contributed by atoms with Crippen LogP contribution >= 0.6 is 34.2 Å². The molecule has 0 N–H and O–H groups in total. The van der Waals surface area contributed by atoms with Crippen molar-refractivity contribution in [1.29, 1.82) is 0 Å². The lowest BCUT2D eigenvalue weighted by Gasteiger charge is -2.10. The van der Waals surface area contributed by atoms with Crippen LogP contribution in [0.25, 0.3) is 10.9 Å². The summed E-state index contributed by atoms with van der Waals surface area (Å²) in [4.78, 5) is 4.42. The molecule has 1 heterocycles. The number of aromatic nitrogens is 1. The van der Waals surface area contributed by atoms with Gasteiger partial charge in [-0.05, 0) is 66.1 Å². The molecule has 3 heteroatoms. The normalized spacial score (nSPS) is 11.0. The Bertz CT molecular complexity index is 549. The molecule has 78 valence electrons. The Hall–Kier alpha value is -0.350. The fourth-order valence-corrected chi connectivity index (χ4v) is 2.45. The molecule has 0 bridgehead atoms. The van der Waals surface area contributed by atoms with Crippen molar-refractivity contribution >= 4 is 45.1 Å². The van der Waals surface area contributed by atoms with Crippen molar-refractivity contribution in [2.75, 3.05) is 0 Å². The van der Waals surface area contributed by atoms with Gasteiger partial charge in [0, 0.05) is 15.2 Å². The lowest BCUT2D eigenvalue weighted by atomic mass is 10.0. The quantitative estimate of drug-likeness (QED) is 0.651. The highest BCUT2D eigenvalue weighted by Crippen LogP contribution is 2.32. The Morgan fingerprint density at radius 1 is 1.20 bits per heavy atom. The van der Waals surface area contributed by atoms with Gasteiger partial charge in [-0.2, -0.15) is 0 Å². The van der Waals surface area contributed by atoms with Crippen molar-refractivity contribution in [2.24, 2.45) is 0 Å². The van der Waals surface area contributed by atoms with E-state index in [4.69, 9.17) is 11.6 Å². The molecule has 0 spiro atoms. The topological polar surface area (TPSA) is 12.9 Å². The summed E-state index contributed by atoms with van der Waals surface area (Å²) >= 11 is 8.67. The number of fused-ring (bicyclic) bond motifs is 1. The van der Waals surface area contributed by atoms with Crippen molar-refractivity contribution in [3.63, 3.8) is 0 Å². The average Bonchev–Trinajstić information content (AvgIpc) is 2.20. The summed E-state index contributed by atoms with van der Waals surface area (Å²) in [5, 5.41) is 1.92. The van der Waals surface area contributed by atoms with Crippen LogP contribution in [-0.2, 0) is 0 Å². The van der Waals surface area contributed by atoms with E-state index in [0.717, 1.165) is 21.5 Å². The number of rotatable bonds is 0. The maximum atomic E-state index is 6.31. The Balaban J connectivity index is 3.00. The summed E-state index contributed by atoms with van der Waals surface area (Å²) in [6, 6.07) is 2.09. The van der Waals surface area contributed by atoms with Gasteiger partial charge in [0.05, 0.1) is 10.5 Å². The number of nitrogens with zero attached hydrogens (tertiary/aromatic N) is 1. The molecule has 0 unspecified atom stereocenters. The number of hydrogen-bond donors (Lipinski definition) is 0. The molecule has 2 rings (SSSR count). The van der Waals surface area contributed by atoms with Crippen molar-refractivity contribution in [1.82, 2.24) is 4.98 Å². The summed E-state index contributed by atoms with van der Waals surface area (Å²) in [5.74, 6) is 0. The average molecular weight is 332 g/mol. The molecule has 1 aromatic heterocycles. The van der Waals surface area contributed by atoms with Crippen LogP contribution in [0.1, 0.15) is 16.7 Å². The molecule has 0 aliphatic rings. The third-order valence-corrected chi connectivity index (χ3v) is 4.77. The number of pyridine rings is 1. The van der Waals surface area contributed by atoms with Crippen LogP contribution < -0.4 is 0 Å². The fraction of sp³-hybridized carbons (Fsp3) is 0.250. The Morgan fingerprint density at radius 3 is 2.53 bits per heavy atom. The highest BCUT2D eigenvalue weighted by Gasteiger charge is 2.10. The van der Waals surface area contributed by atoms with Crippen molar-refractivity contribution in [2.45, 2.75) is 20.8 Å². The monoisotopic (exact) mass is 331 g/mol. The molecule has 0 saturated heterocycles. The maximum absolute atomic E-state index is 6.31. The molecule has 0 aliphatic heterocycles. The van der Waals surface area contributed by atoms with Crippen LogP contribution in [0.3, 0.4) is 0 Å². The van der Waals surface area contributed by atoms with Crippen LogP contribution in [-0.4, -0.2) is 4.98 Å². The standard InChI is InChI=1S/C12H11ClIN/c1-6-4-9-10(8(3)12(6)14)11(13)7(2)5-15-9/h4-5H,1-3H3. The largest absolute Gasteiger partial charge is 0.256 e. The van der Waals surface area contributed by atoms with Gasteiger partial charge in [-0.3, -0.25) is 4.98 Å². The van der Waals surface area contributed by atoms with Crippen LogP contribution in [0.4, 0.5) is 0 Å². The number of hydrogen-bond acceptors (Lipinski definition) is 1. The van der Waals surface area contributed by atoms with Crippen LogP contribution in [0.15, 0.2) is 12.3 Å². The van der Waals surface area contributed by atoms with Gasteiger partial charge in [0.2, 0.25) is 0 Å². The van der Waals surface area contributed by atoms with Crippen molar-refractivity contribution in [3.8, 4) is 0 Å². The zero-order valence-electron chi connectivity index (χ0n) is 8.86. The second-order valence-electron chi connectivity index (χ2n) is 3.78.